The van der Waals surface area contributed by atoms with Gasteiger partial charge in [0.1, 0.15) is 11.9 Å². The minimum atomic E-state index is -0.454. The fourth-order valence-corrected chi connectivity index (χ4v) is 3.76. The summed E-state index contributed by atoms with van der Waals surface area (Å²) in [4.78, 5) is 14.1. The standard InChI is InChI=1S/C17H19FN2O2S2/c1-11(23)19-9-14-10-20(17(21)22-14)13-2-3-15(16(18)8-13)12-4-6-24-7-5-12/h2-4,6,8,12,14H,5,7,9-10H2,1H3,(H,19,23). The molecule has 2 aliphatic rings. The molecule has 1 amide bonds. The van der Waals surface area contributed by atoms with E-state index in [1.807, 2.05) is 11.5 Å². The molecule has 0 bridgehead atoms. The predicted molar refractivity (Wildman–Crippen MR) is 99.2 cm³/mol. The minimum Gasteiger partial charge on any atom is -0.442 e. The van der Waals surface area contributed by atoms with Crippen LogP contribution < -0.4 is 10.2 Å². The average molecular weight is 366 g/mol. The molecule has 0 spiro atoms. The van der Waals surface area contributed by atoms with Crippen LogP contribution in [0, 0.1) is 5.82 Å². The molecular weight excluding hydrogens is 347 g/mol. The van der Waals surface area contributed by atoms with Crippen LogP contribution in [0.2, 0.25) is 0 Å². The Kier molecular flexibility index (Phi) is 5.40. The van der Waals surface area contributed by atoms with E-state index >= 15 is 0 Å². The third-order valence-corrected chi connectivity index (χ3v) is 5.07. The molecule has 7 heteroatoms. The normalized spacial score (nSPS) is 23.2. The highest BCUT2D eigenvalue weighted by molar-refractivity contribution is 8.02. The van der Waals surface area contributed by atoms with Crippen LogP contribution in [0.3, 0.4) is 0 Å². The largest absolute Gasteiger partial charge is 0.442 e. The summed E-state index contributed by atoms with van der Waals surface area (Å²) in [7, 11) is 0. The summed E-state index contributed by atoms with van der Waals surface area (Å²) in [5.41, 5.74) is 1.20. The third kappa shape index (κ3) is 3.89. The minimum absolute atomic E-state index is 0.105. The van der Waals surface area contributed by atoms with Crippen molar-refractivity contribution < 1.29 is 13.9 Å². The SMILES string of the molecule is CC(=S)NCC1CN(c2ccc(C3C=CSCC3)c(F)c2)C(=O)O1. The second-order valence-electron chi connectivity index (χ2n) is 5.85. The lowest BCUT2D eigenvalue weighted by Gasteiger charge is -2.19. The second kappa shape index (κ2) is 7.53. The Morgan fingerprint density at radius 3 is 3.04 bits per heavy atom. The molecule has 1 saturated heterocycles. The van der Waals surface area contributed by atoms with Gasteiger partial charge in [0.25, 0.3) is 0 Å². The van der Waals surface area contributed by atoms with Crippen molar-refractivity contribution in [2.45, 2.75) is 25.4 Å². The lowest BCUT2D eigenvalue weighted by atomic mass is 9.95. The highest BCUT2D eigenvalue weighted by Crippen LogP contribution is 2.33. The molecule has 3 rings (SSSR count). The maximum Gasteiger partial charge on any atom is 0.414 e. The summed E-state index contributed by atoms with van der Waals surface area (Å²) < 4.78 is 19.8. The van der Waals surface area contributed by atoms with E-state index in [0.29, 0.717) is 29.3 Å². The number of amides is 1. The summed E-state index contributed by atoms with van der Waals surface area (Å²) in [5.74, 6) is 0.820. The maximum atomic E-state index is 14.5. The Hall–Kier alpha value is -1.60. The summed E-state index contributed by atoms with van der Waals surface area (Å²) in [6.07, 6.45) is 2.21. The topological polar surface area (TPSA) is 41.6 Å². The van der Waals surface area contributed by atoms with Crippen LogP contribution >= 0.6 is 24.0 Å². The van der Waals surface area contributed by atoms with E-state index in [9.17, 15) is 9.18 Å². The van der Waals surface area contributed by atoms with E-state index < -0.39 is 6.09 Å². The number of carbonyl (C=O) groups excluding carboxylic acids is 1. The number of nitrogens with zero attached hydrogens (tertiary/aromatic N) is 1. The number of allylic oxidation sites excluding steroid dienone is 1. The summed E-state index contributed by atoms with van der Waals surface area (Å²) >= 11 is 6.70. The van der Waals surface area contributed by atoms with Crippen molar-refractivity contribution in [1.29, 1.82) is 0 Å². The molecule has 2 aliphatic heterocycles. The number of anilines is 1. The highest BCUT2D eigenvalue weighted by atomic mass is 32.2. The van der Waals surface area contributed by atoms with Gasteiger partial charge in [-0.3, -0.25) is 4.90 Å². The molecule has 0 aliphatic carbocycles. The number of hydrogen-bond acceptors (Lipinski definition) is 4. The van der Waals surface area contributed by atoms with E-state index in [4.69, 9.17) is 17.0 Å². The highest BCUT2D eigenvalue weighted by Gasteiger charge is 2.32. The number of thioether (sulfide) groups is 1. The molecule has 128 valence electrons. The van der Waals surface area contributed by atoms with Crippen LogP contribution in [0.5, 0.6) is 0 Å². The molecule has 2 unspecified atom stereocenters. The smallest absolute Gasteiger partial charge is 0.414 e. The molecule has 2 atom stereocenters. The van der Waals surface area contributed by atoms with Gasteiger partial charge in [-0.15, -0.1) is 11.8 Å². The number of thiocarbonyl (C=S) groups is 1. The monoisotopic (exact) mass is 366 g/mol. The Labute approximate surface area is 150 Å². The molecule has 0 radical (unpaired) electrons. The Balaban J connectivity index is 1.72. The van der Waals surface area contributed by atoms with Crippen molar-refractivity contribution in [3.05, 3.63) is 41.1 Å². The summed E-state index contributed by atoms with van der Waals surface area (Å²) in [6.45, 7) is 2.62. The van der Waals surface area contributed by atoms with Gasteiger partial charge in [-0.25, -0.2) is 9.18 Å². The van der Waals surface area contributed by atoms with Gasteiger partial charge in [0.05, 0.1) is 23.8 Å². The van der Waals surface area contributed by atoms with Crippen molar-refractivity contribution in [2.24, 2.45) is 0 Å². The van der Waals surface area contributed by atoms with Crippen LogP contribution in [-0.4, -0.2) is 36.0 Å². The zero-order valence-corrected chi connectivity index (χ0v) is 15.0. The van der Waals surface area contributed by atoms with Crippen molar-refractivity contribution in [3.63, 3.8) is 0 Å². The first-order valence-electron chi connectivity index (χ1n) is 7.85. The van der Waals surface area contributed by atoms with Gasteiger partial charge >= 0.3 is 6.09 Å². The van der Waals surface area contributed by atoms with Gasteiger partial charge < -0.3 is 10.1 Å². The first-order chi connectivity index (χ1) is 11.5. The van der Waals surface area contributed by atoms with Crippen LogP contribution in [0.1, 0.15) is 24.8 Å². The van der Waals surface area contributed by atoms with Gasteiger partial charge in [-0.1, -0.05) is 24.4 Å². The molecule has 1 aromatic carbocycles. The summed E-state index contributed by atoms with van der Waals surface area (Å²) in [6, 6.07) is 4.98. The number of hydrogen-bond donors (Lipinski definition) is 1. The molecular formula is C17H19FN2O2S2. The van der Waals surface area contributed by atoms with Gasteiger partial charge in [0, 0.05) is 5.92 Å². The average Bonchev–Trinajstić information content (AvgIpc) is 2.94. The van der Waals surface area contributed by atoms with Gasteiger partial charge in [0.15, 0.2) is 0 Å². The first-order valence-corrected chi connectivity index (χ1v) is 9.30. The van der Waals surface area contributed by atoms with Crippen LogP contribution in [0.25, 0.3) is 0 Å². The zero-order valence-electron chi connectivity index (χ0n) is 13.3. The van der Waals surface area contributed by atoms with E-state index in [1.54, 1.807) is 30.8 Å². The number of carbonyl (C=O) groups is 1. The Morgan fingerprint density at radius 1 is 1.54 bits per heavy atom. The Morgan fingerprint density at radius 2 is 2.38 bits per heavy atom. The molecule has 1 N–H and O–H groups in total. The summed E-state index contributed by atoms with van der Waals surface area (Å²) in [5, 5.41) is 5.01. The predicted octanol–water partition coefficient (Wildman–Crippen LogP) is 3.82. The van der Waals surface area contributed by atoms with Crippen LogP contribution in [0.4, 0.5) is 14.9 Å². The molecule has 1 aromatic rings. The number of nitrogens with one attached hydrogen (secondary N) is 1. The maximum absolute atomic E-state index is 14.5. The fourth-order valence-electron chi connectivity index (χ4n) is 2.85. The van der Waals surface area contributed by atoms with Crippen LogP contribution in [-0.2, 0) is 4.74 Å². The van der Waals surface area contributed by atoms with E-state index in [-0.39, 0.29) is 17.8 Å². The number of ether oxygens (including phenoxy) is 1. The zero-order chi connectivity index (χ0) is 17.1. The third-order valence-electron chi connectivity index (χ3n) is 4.10. The molecule has 24 heavy (non-hydrogen) atoms. The van der Waals surface area contributed by atoms with Crippen molar-refractivity contribution in [1.82, 2.24) is 5.32 Å². The quantitative estimate of drug-likeness (QED) is 0.821. The molecule has 0 aromatic heterocycles. The van der Waals surface area contributed by atoms with Gasteiger partial charge in [0.2, 0.25) is 0 Å². The molecule has 0 saturated carbocycles. The Bertz CT molecular complexity index is 681. The van der Waals surface area contributed by atoms with Crippen LogP contribution in [0.15, 0.2) is 29.7 Å². The van der Waals surface area contributed by atoms with Crippen molar-refractivity contribution in [2.75, 3.05) is 23.7 Å². The first kappa shape index (κ1) is 17.2. The van der Waals surface area contributed by atoms with Gasteiger partial charge in [-0.2, -0.15) is 0 Å². The number of halogens is 1. The lowest BCUT2D eigenvalue weighted by Crippen LogP contribution is -2.32. The van der Waals surface area contributed by atoms with Gasteiger partial charge in [-0.05, 0) is 42.2 Å². The molecule has 1 fully saturated rings. The number of cyclic esters (lactones) is 1. The molecule has 4 nitrogen and oxygen atoms in total. The number of benzene rings is 1. The van der Waals surface area contributed by atoms with Crippen molar-refractivity contribution >= 4 is 40.7 Å². The lowest BCUT2D eigenvalue weighted by molar-refractivity contribution is 0.143. The van der Waals surface area contributed by atoms with E-state index in [1.165, 1.54) is 11.0 Å². The second-order valence-corrected chi connectivity index (χ2v) is 7.48. The molecule has 2 heterocycles. The van der Waals surface area contributed by atoms with Crippen molar-refractivity contribution in [3.8, 4) is 0 Å². The fraction of sp³-hybridized carbons (Fsp3) is 0.412. The number of rotatable bonds is 4. The van der Waals surface area contributed by atoms with E-state index in [2.05, 4.69) is 5.32 Å². The van der Waals surface area contributed by atoms with E-state index in [0.717, 1.165) is 12.2 Å².